The highest BCUT2D eigenvalue weighted by molar-refractivity contribution is 7.17. The number of methoxy groups -OCH3 is 1. The summed E-state index contributed by atoms with van der Waals surface area (Å²) in [5.41, 5.74) is 8.17. The van der Waals surface area contributed by atoms with E-state index < -0.39 is 0 Å². The molecule has 0 saturated carbocycles. The predicted octanol–water partition coefficient (Wildman–Crippen LogP) is 3.67. The largest absolute Gasteiger partial charge is 0.380 e. The summed E-state index contributed by atoms with van der Waals surface area (Å²) in [6.45, 7) is 1.41. The summed E-state index contributed by atoms with van der Waals surface area (Å²) in [4.78, 5) is 0. The molecular formula is C15H19NOS. The summed E-state index contributed by atoms with van der Waals surface area (Å²) in [6.07, 6.45) is 4.27. The third-order valence-electron chi connectivity index (χ3n) is 2.90. The number of hydrogen-bond donors (Lipinski definition) is 1. The molecule has 0 atom stereocenters. The number of fused-ring (bicyclic) bond motifs is 1. The lowest BCUT2D eigenvalue weighted by molar-refractivity contribution is 0.223. The fourth-order valence-corrected chi connectivity index (χ4v) is 2.95. The zero-order chi connectivity index (χ0) is 12.8. The van der Waals surface area contributed by atoms with Crippen molar-refractivity contribution in [3.8, 4) is 0 Å². The third kappa shape index (κ3) is 3.19. The average Bonchev–Trinajstić information content (AvgIpc) is 2.80. The molecule has 3 heteroatoms. The molecular weight excluding hydrogens is 242 g/mol. The predicted molar refractivity (Wildman–Crippen MR) is 80.0 cm³/mol. The van der Waals surface area contributed by atoms with Gasteiger partial charge in [-0.25, -0.2) is 0 Å². The van der Waals surface area contributed by atoms with Crippen LogP contribution in [0.1, 0.15) is 18.4 Å². The second-order valence-electron chi connectivity index (χ2n) is 4.32. The van der Waals surface area contributed by atoms with E-state index in [1.807, 2.05) is 0 Å². The van der Waals surface area contributed by atoms with Crippen molar-refractivity contribution >= 4 is 27.5 Å². The van der Waals surface area contributed by atoms with Crippen LogP contribution in [0.2, 0.25) is 0 Å². The second-order valence-corrected chi connectivity index (χ2v) is 5.23. The lowest BCUT2D eigenvalue weighted by Gasteiger charge is -2.05. The summed E-state index contributed by atoms with van der Waals surface area (Å²) in [5, 5.41) is 3.53. The van der Waals surface area contributed by atoms with Gasteiger partial charge >= 0.3 is 0 Å². The van der Waals surface area contributed by atoms with E-state index in [1.54, 1.807) is 18.4 Å². The molecule has 96 valence electrons. The molecule has 2 aromatic rings. The number of thiophene rings is 1. The number of hydrogen-bond acceptors (Lipinski definition) is 3. The van der Waals surface area contributed by atoms with Gasteiger partial charge in [0.05, 0.1) is 6.61 Å². The lowest BCUT2D eigenvalue weighted by atomic mass is 10.1. The summed E-state index contributed by atoms with van der Waals surface area (Å²) in [5.74, 6) is 0. The Bertz CT molecular complexity index is 530. The van der Waals surface area contributed by atoms with Crippen LogP contribution in [0.5, 0.6) is 0 Å². The van der Waals surface area contributed by atoms with Crippen molar-refractivity contribution in [2.24, 2.45) is 5.73 Å². The maximum Gasteiger partial charge on any atom is 0.0676 e. The van der Waals surface area contributed by atoms with E-state index in [0.29, 0.717) is 6.61 Å². The number of benzene rings is 1. The van der Waals surface area contributed by atoms with E-state index in [4.69, 9.17) is 10.5 Å². The molecule has 0 saturated heterocycles. The van der Waals surface area contributed by atoms with Gasteiger partial charge < -0.3 is 10.5 Å². The van der Waals surface area contributed by atoms with Crippen LogP contribution >= 0.6 is 11.3 Å². The highest BCUT2D eigenvalue weighted by atomic mass is 32.1. The number of nitrogens with two attached hydrogens (primary N) is 1. The number of rotatable bonds is 6. The topological polar surface area (TPSA) is 35.2 Å². The molecule has 0 spiro atoms. The van der Waals surface area contributed by atoms with Gasteiger partial charge in [-0.15, -0.1) is 11.3 Å². The van der Waals surface area contributed by atoms with Crippen molar-refractivity contribution < 1.29 is 4.74 Å². The van der Waals surface area contributed by atoms with Crippen molar-refractivity contribution in [1.82, 2.24) is 0 Å². The van der Waals surface area contributed by atoms with Crippen molar-refractivity contribution in [2.75, 3.05) is 20.3 Å². The van der Waals surface area contributed by atoms with E-state index in [9.17, 15) is 0 Å². The molecule has 1 aromatic carbocycles. The average molecular weight is 261 g/mol. The van der Waals surface area contributed by atoms with Gasteiger partial charge in [-0.2, -0.15) is 0 Å². The summed E-state index contributed by atoms with van der Waals surface area (Å²) in [6, 6.07) is 8.50. The molecule has 1 heterocycles. The molecule has 18 heavy (non-hydrogen) atoms. The van der Waals surface area contributed by atoms with Crippen LogP contribution < -0.4 is 5.73 Å². The van der Waals surface area contributed by atoms with Crippen LogP contribution in [0.3, 0.4) is 0 Å². The molecule has 1 aromatic heterocycles. The van der Waals surface area contributed by atoms with Crippen LogP contribution in [-0.4, -0.2) is 20.3 Å². The van der Waals surface area contributed by atoms with Crippen LogP contribution in [0.4, 0.5) is 0 Å². The van der Waals surface area contributed by atoms with Crippen molar-refractivity contribution in [2.45, 2.75) is 12.8 Å². The highest BCUT2D eigenvalue weighted by Crippen LogP contribution is 2.28. The molecule has 2 N–H and O–H groups in total. The maximum absolute atomic E-state index is 5.57. The smallest absolute Gasteiger partial charge is 0.0676 e. The Morgan fingerprint density at radius 2 is 2.22 bits per heavy atom. The number of ether oxygens (including phenoxy) is 1. The summed E-state index contributed by atoms with van der Waals surface area (Å²) >= 11 is 1.79. The minimum Gasteiger partial charge on any atom is -0.380 e. The van der Waals surface area contributed by atoms with E-state index in [0.717, 1.165) is 19.4 Å². The van der Waals surface area contributed by atoms with Gasteiger partial charge in [0, 0.05) is 11.8 Å². The Kier molecular flexibility index (Phi) is 4.93. The standard InChI is InChI=1S/C15H19NOS/c1-17-10-12(5-4-8-16)9-13-11-18-15-7-3-2-6-14(13)15/h2-3,6-7,9,11H,4-5,8,10,16H2,1H3/b12-9+. The van der Waals surface area contributed by atoms with Gasteiger partial charge in [-0.3, -0.25) is 0 Å². The van der Waals surface area contributed by atoms with Gasteiger partial charge in [-0.05, 0) is 47.4 Å². The second kappa shape index (κ2) is 6.69. The van der Waals surface area contributed by atoms with Gasteiger partial charge in [0.2, 0.25) is 0 Å². The van der Waals surface area contributed by atoms with Gasteiger partial charge in [0.1, 0.15) is 0 Å². The molecule has 0 fully saturated rings. The lowest BCUT2D eigenvalue weighted by Crippen LogP contribution is -2.01. The van der Waals surface area contributed by atoms with Crippen LogP contribution in [-0.2, 0) is 4.74 Å². The molecule has 2 rings (SSSR count). The molecule has 0 aliphatic heterocycles. The zero-order valence-corrected chi connectivity index (χ0v) is 11.5. The maximum atomic E-state index is 5.57. The molecule has 2 nitrogen and oxygen atoms in total. The van der Waals surface area contributed by atoms with Crippen molar-refractivity contribution in [3.63, 3.8) is 0 Å². The van der Waals surface area contributed by atoms with E-state index in [1.165, 1.54) is 21.2 Å². The minimum atomic E-state index is 0.685. The molecule has 0 aliphatic carbocycles. The molecule has 0 amide bonds. The first kappa shape index (κ1) is 13.3. The Morgan fingerprint density at radius 1 is 1.39 bits per heavy atom. The first-order chi connectivity index (χ1) is 8.85. The molecule has 0 radical (unpaired) electrons. The van der Waals surface area contributed by atoms with E-state index in [-0.39, 0.29) is 0 Å². The fourth-order valence-electron chi connectivity index (χ4n) is 2.03. The highest BCUT2D eigenvalue weighted by Gasteiger charge is 2.03. The summed E-state index contributed by atoms with van der Waals surface area (Å²) in [7, 11) is 1.74. The fraction of sp³-hybridized carbons (Fsp3) is 0.333. The van der Waals surface area contributed by atoms with Crippen LogP contribution in [0.25, 0.3) is 16.2 Å². The van der Waals surface area contributed by atoms with Gasteiger partial charge in [-0.1, -0.05) is 24.3 Å². The molecule has 0 bridgehead atoms. The van der Waals surface area contributed by atoms with E-state index in [2.05, 4.69) is 35.7 Å². The molecule has 0 aliphatic rings. The van der Waals surface area contributed by atoms with Crippen molar-refractivity contribution in [3.05, 3.63) is 40.8 Å². The monoisotopic (exact) mass is 261 g/mol. The SMILES string of the molecule is COC/C(=C/c1csc2ccccc12)CCCN. The molecule has 0 unspecified atom stereocenters. The van der Waals surface area contributed by atoms with E-state index >= 15 is 0 Å². The van der Waals surface area contributed by atoms with Gasteiger partial charge in [0.15, 0.2) is 0 Å². The normalized spacial score (nSPS) is 12.2. The van der Waals surface area contributed by atoms with Crippen molar-refractivity contribution in [1.29, 1.82) is 0 Å². The Morgan fingerprint density at radius 3 is 3.00 bits per heavy atom. The quantitative estimate of drug-likeness (QED) is 0.861. The Labute approximate surface area is 112 Å². The minimum absolute atomic E-state index is 0.685. The zero-order valence-electron chi connectivity index (χ0n) is 10.7. The summed E-state index contributed by atoms with van der Waals surface area (Å²) < 4.78 is 6.59. The van der Waals surface area contributed by atoms with Gasteiger partial charge in [0.25, 0.3) is 0 Å². The van der Waals surface area contributed by atoms with Crippen LogP contribution in [0.15, 0.2) is 35.2 Å². The third-order valence-corrected chi connectivity index (χ3v) is 3.88. The Hall–Kier alpha value is -1.16. The first-order valence-corrected chi connectivity index (χ1v) is 7.08. The van der Waals surface area contributed by atoms with Crippen LogP contribution in [0, 0.1) is 0 Å². The first-order valence-electron chi connectivity index (χ1n) is 6.20. The Balaban J connectivity index is 2.27.